The van der Waals surface area contributed by atoms with Crippen molar-refractivity contribution in [1.82, 2.24) is 0 Å². The summed E-state index contributed by atoms with van der Waals surface area (Å²) in [5.74, 6) is -0.342. The first kappa shape index (κ1) is 12.7. The van der Waals surface area contributed by atoms with Gasteiger partial charge in [0.25, 0.3) is 0 Å². The summed E-state index contributed by atoms with van der Waals surface area (Å²) in [5, 5.41) is 9.12. The normalized spacial score (nSPS) is 9.62. The van der Waals surface area contributed by atoms with Gasteiger partial charge in [-0.3, -0.25) is 4.79 Å². The maximum atomic E-state index is 11.2. The number of nitriles is 1. The van der Waals surface area contributed by atoms with Gasteiger partial charge >= 0.3 is 5.97 Å². The van der Waals surface area contributed by atoms with Crippen LogP contribution in [0.3, 0.4) is 0 Å². The molecule has 0 N–H and O–H groups in total. The number of carbonyl (C=O) groups is 1. The van der Waals surface area contributed by atoms with E-state index in [1.165, 1.54) is 7.11 Å². The Morgan fingerprint density at radius 2 is 2.25 bits per heavy atom. The number of rotatable bonds is 3. The van der Waals surface area contributed by atoms with Gasteiger partial charge in [0.15, 0.2) is 0 Å². The molecule has 0 aliphatic carbocycles. The molecule has 0 bridgehead atoms. The van der Waals surface area contributed by atoms with Crippen LogP contribution in [0.4, 0.5) is 0 Å². The predicted molar refractivity (Wildman–Crippen MR) is 64.0 cm³/mol. The van der Waals surface area contributed by atoms with Crippen molar-refractivity contribution in [3.63, 3.8) is 0 Å². The van der Waals surface area contributed by atoms with Crippen molar-refractivity contribution in [3.8, 4) is 6.07 Å². The van der Waals surface area contributed by atoms with E-state index in [2.05, 4.69) is 26.7 Å². The average molecular weight is 282 g/mol. The second kappa shape index (κ2) is 5.66. The molecule has 16 heavy (non-hydrogen) atoms. The highest BCUT2D eigenvalue weighted by Gasteiger charge is 2.14. The minimum atomic E-state index is -0.342. The summed E-state index contributed by atoms with van der Waals surface area (Å²) in [4.78, 5) is 11.2. The summed E-state index contributed by atoms with van der Waals surface area (Å²) < 4.78 is 5.38. The largest absolute Gasteiger partial charge is 0.469 e. The lowest BCUT2D eigenvalue weighted by atomic mass is 9.98. The second-order valence-electron chi connectivity index (χ2n) is 3.28. The van der Waals surface area contributed by atoms with Crippen LogP contribution < -0.4 is 0 Å². The number of ether oxygens (including phenoxy) is 1. The van der Waals surface area contributed by atoms with Crippen molar-refractivity contribution in [3.05, 3.63) is 33.3 Å². The van der Waals surface area contributed by atoms with Gasteiger partial charge in [0.1, 0.15) is 0 Å². The molecule has 0 unspecified atom stereocenters. The lowest BCUT2D eigenvalue weighted by Crippen LogP contribution is -2.08. The van der Waals surface area contributed by atoms with Gasteiger partial charge in [-0.2, -0.15) is 5.26 Å². The Hall–Kier alpha value is -1.34. The zero-order valence-corrected chi connectivity index (χ0v) is 10.8. The molecule has 0 saturated carbocycles. The number of esters is 1. The number of hydrogen-bond acceptors (Lipinski definition) is 3. The van der Waals surface area contributed by atoms with Crippen LogP contribution in [-0.4, -0.2) is 13.1 Å². The first-order valence-electron chi connectivity index (χ1n) is 4.91. The topological polar surface area (TPSA) is 50.1 Å². The van der Waals surface area contributed by atoms with Gasteiger partial charge < -0.3 is 4.74 Å². The second-order valence-corrected chi connectivity index (χ2v) is 4.13. The van der Waals surface area contributed by atoms with Crippen molar-refractivity contribution in [2.24, 2.45) is 0 Å². The zero-order chi connectivity index (χ0) is 12.1. The van der Waals surface area contributed by atoms with E-state index in [9.17, 15) is 4.79 Å². The third-order valence-corrected chi connectivity index (χ3v) is 3.13. The predicted octanol–water partition coefficient (Wildman–Crippen LogP) is 2.60. The molecular formula is C12H12BrNO2. The zero-order valence-electron chi connectivity index (χ0n) is 9.21. The van der Waals surface area contributed by atoms with Crippen LogP contribution in [0.25, 0.3) is 0 Å². The standard InChI is InChI=1S/C12H12BrNO2/c1-3-8-4-5-11(13)9(10(8)7-14)6-12(15)16-2/h4-5H,3,6H2,1-2H3. The quantitative estimate of drug-likeness (QED) is 0.801. The molecule has 0 aromatic heterocycles. The number of carbonyl (C=O) groups excluding carboxylic acids is 1. The van der Waals surface area contributed by atoms with E-state index in [0.29, 0.717) is 11.1 Å². The molecule has 0 heterocycles. The number of nitrogens with zero attached hydrogens (tertiary/aromatic N) is 1. The fraction of sp³-hybridized carbons (Fsp3) is 0.333. The maximum absolute atomic E-state index is 11.2. The molecule has 84 valence electrons. The number of benzene rings is 1. The molecule has 1 rings (SSSR count). The summed E-state index contributed by atoms with van der Waals surface area (Å²) in [6.45, 7) is 1.98. The monoisotopic (exact) mass is 281 g/mol. The summed E-state index contributed by atoms with van der Waals surface area (Å²) in [5.41, 5.74) is 2.22. The summed E-state index contributed by atoms with van der Waals surface area (Å²) in [7, 11) is 1.34. The molecule has 0 amide bonds. The van der Waals surface area contributed by atoms with Crippen molar-refractivity contribution >= 4 is 21.9 Å². The Morgan fingerprint density at radius 3 is 2.75 bits per heavy atom. The smallest absolute Gasteiger partial charge is 0.310 e. The third kappa shape index (κ3) is 2.61. The number of aryl methyl sites for hydroxylation is 1. The van der Waals surface area contributed by atoms with Crippen molar-refractivity contribution < 1.29 is 9.53 Å². The van der Waals surface area contributed by atoms with E-state index in [-0.39, 0.29) is 12.4 Å². The van der Waals surface area contributed by atoms with Crippen LogP contribution in [0.2, 0.25) is 0 Å². The van der Waals surface area contributed by atoms with Gasteiger partial charge in [-0.05, 0) is 23.6 Å². The van der Waals surface area contributed by atoms with Gasteiger partial charge in [0.2, 0.25) is 0 Å². The van der Waals surface area contributed by atoms with Crippen LogP contribution in [0, 0.1) is 11.3 Å². The summed E-state index contributed by atoms with van der Waals surface area (Å²) in [6, 6.07) is 5.90. The van der Waals surface area contributed by atoms with Crippen molar-refractivity contribution in [2.45, 2.75) is 19.8 Å². The highest BCUT2D eigenvalue weighted by molar-refractivity contribution is 9.10. The molecular weight excluding hydrogens is 270 g/mol. The Morgan fingerprint density at radius 1 is 1.56 bits per heavy atom. The number of halogens is 1. The van der Waals surface area contributed by atoms with E-state index >= 15 is 0 Å². The minimum absolute atomic E-state index is 0.119. The molecule has 3 nitrogen and oxygen atoms in total. The van der Waals surface area contributed by atoms with Gasteiger partial charge in [-0.1, -0.05) is 28.9 Å². The highest BCUT2D eigenvalue weighted by atomic mass is 79.9. The lowest BCUT2D eigenvalue weighted by molar-refractivity contribution is -0.139. The van der Waals surface area contributed by atoms with Crippen LogP contribution in [0.15, 0.2) is 16.6 Å². The van der Waals surface area contributed by atoms with Crippen LogP contribution >= 0.6 is 15.9 Å². The van der Waals surface area contributed by atoms with Gasteiger partial charge in [-0.25, -0.2) is 0 Å². The van der Waals surface area contributed by atoms with Gasteiger partial charge in [0.05, 0.1) is 25.2 Å². The SMILES string of the molecule is CCc1ccc(Br)c(CC(=O)OC)c1C#N. The van der Waals surface area contributed by atoms with E-state index in [1.54, 1.807) is 0 Å². The molecule has 0 radical (unpaired) electrons. The fourth-order valence-electron chi connectivity index (χ4n) is 1.49. The molecule has 4 heteroatoms. The molecule has 0 fully saturated rings. The Kier molecular flexibility index (Phi) is 4.51. The first-order chi connectivity index (χ1) is 7.63. The van der Waals surface area contributed by atoms with Gasteiger partial charge in [0, 0.05) is 4.47 Å². The molecule has 1 aromatic carbocycles. The van der Waals surface area contributed by atoms with Crippen LogP contribution in [0.5, 0.6) is 0 Å². The number of hydrogen-bond donors (Lipinski definition) is 0. The molecule has 0 aliphatic heterocycles. The van der Waals surface area contributed by atoms with E-state index in [0.717, 1.165) is 16.5 Å². The fourth-order valence-corrected chi connectivity index (χ4v) is 1.96. The van der Waals surface area contributed by atoms with E-state index in [1.807, 2.05) is 19.1 Å². The van der Waals surface area contributed by atoms with Crippen LogP contribution in [-0.2, 0) is 22.4 Å². The average Bonchev–Trinajstić information content (AvgIpc) is 2.31. The summed E-state index contributed by atoms with van der Waals surface area (Å²) >= 11 is 3.35. The molecule has 0 spiro atoms. The Bertz CT molecular complexity index is 449. The maximum Gasteiger partial charge on any atom is 0.310 e. The third-order valence-electron chi connectivity index (χ3n) is 2.38. The van der Waals surface area contributed by atoms with Gasteiger partial charge in [-0.15, -0.1) is 0 Å². The van der Waals surface area contributed by atoms with E-state index < -0.39 is 0 Å². The highest BCUT2D eigenvalue weighted by Crippen LogP contribution is 2.24. The van der Waals surface area contributed by atoms with E-state index in [4.69, 9.17) is 5.26 Å². The molecule has 0 aliphatic rings. The lowest BCUT2D eigenvalue weighted by Gasteiger charge is -2.09. The Balaban J connectivity index is 3.25. The minimum Gasteiger partial charge on any atom is -0.469 e. The molecule has 1 aromatic rings. The number of methoxy groups -OCH3 is 1. The van der Waals surface area contributed by atoms with Crippen molar-refractivity contribution in [1.29, 1.82) is 5.26 Å². The Labute approximate surface area is 103 Å². The summed E-state index contributed by atoms with van der Waals surface area (Å²) in [6.07, 6.45) is 0.887. The molecule has 0 saturated heterocycles. The van der Waals surface area contributed by atoms with Crippen LogP contribution in [0.1, 0.15) is 23.6 Å². The van der Waals surface area contributed by atoms with Crippen molar-refractivity contribution in [2.75, 3.05) is 7.11 Å². The molecule has 0 atom stereocenters. The first-order valence-corrected chi connectivity index (χ1v) is 5.70.